The number of nitrogens with zero attached hydrogens (tertiary/aromatic N) is 2. The van der Waals surface area contributed by atoms with Gasteiger partial charge in [-0.05, 0) is 57.5 Å². The average Bonchev–Trinajstić information content (AvgIpc) is 3.52. The minimum absolute atomic E-state index is 0.00109. The second kappa shape index (κ2) is 11.7. The number of furan rings is 1. The van der Waals surface area contributed by atoms with Gasteiger partial charge in [0.2, 0.25) is 5.78 Å². The molecule has 2 amide bonds. The molecular formula is C31H36ClN5O10. The topological polar surface area (TPSA) is 228 Å². The maximum atomic E-state index is 14.3. The molecule has 3 aliphatic rings. The SMILES string of the molecule is CONC(C)(C(=O)Nc1c(O)c2c(c(N(C)C)c1Cl)CC1CC3[C@H](N(C)C)C(O)=C(C(N)=O)C(=O)[C@@]3(O)C(O)=C1C2=O)c1ccco1. The zero-order valence-corrected chi connectivity index (χ0v) is 27.2. The number of anilines is 2. The molecule has 0 fully saturated rings. The molecule has 0 bridgehead atoms. The number of hydroxylamine groups is 1. The number of nitrogens with one attached hydrogen (secondary N) is 2. The van der Waals surface area contributed by atoms with Gasteiger partial charge < -0.3 is 45.6 Å². The van der Waals surface area contributed by atoms with E-state index >= 15 is 0 Å². The highest BCUT2D eigenvalue weighted by atomic mass is 35.5. The van der Waals surface area contributed by atoms with E-state index in [1.54, 1.807) is 39.2 Å². The Morgan fingerprint density at radius 2 is 1.85 bits per heavy atom. The summed E-state index contributed by atoms with van der Waals surface area (Å²) in [6, 6.07) is 1.95. The summed E-state index contributed by atoms with van der Waals surface area (Å²) in [5.74, 6) is -8.65. The van der Waals surface area contributed by atoms with Crippen molar-refractivity contribution in [3.63, 3.8) is 0 Å². The zero-order valence-electron chi connectivity index (χ0n) is 26.5. The lowest BCUT2D eigenvalue weighted by Gasteiger charge is -2.50. The second-order valence-electron chi connectivity index (χ2n) is 12.5. The van der Waals surface area contributed by atoms with E-state index in [2.05, 4.69) is 10.8 Å². The molecule has 8 N–H and O–H groups in total. The van der Waals surface area contributed by atoms with E-state index < -0.39 is 75.2 Å². The molecule has 0 radical (unpaired) electrons. The number of amides is 2. The fraction of sp³-hybridized carbons (Fsp3) is 0.419. The van der Waals surface area contributed by atoms with E-state index in [-0.39, 0.29) is 51.7 Å². The molecule has 5 atom stereocenters. The van der Waals surface area contributed by atoms with Crippen LogP contribution in [0.5, 0.6) is 5.75 Å². The summed E-state index contributed by atoms with van der Waals surface area (Å²) in [6.45, 7) is 1.45. The maximum Gasteiger partial charge on any atom is 0.255 e. The first kappa shape index (κ1) is 33.9. The van der Waals surface area contributed by atoms with Crippen molar-refractivity contribution in [1.82, 2.24) is 10.4 Å². The quantitative estimate of drug-likeness (QED) is 0.120. The van der Waals surface area contributed by atoms with Gasteiger partial charge in [-0.2, -0.15) is 5.48 Å². The summed E-state index contributed by atoms with van der Waals surface area (Å²) in [6.07, 6.45) is 1.25. The van der Waals surface area contributed by atoms with Gasteiger partial charge in [0.05, 0.1) is 35.7 Å². The van der Waals surface area contributed by atoms with Gasteiger partial charge in [-0.3, -0.25) is 24.1 Å². The molecule has 0 saturated carbocycles. The molecule has 15 nitrogen and oxygen atoms in total. The largest absolute Gasteiger partial charge is 0.510 e. The van der Waals surface area contributed by atoms with Gasteiger partial charge >= 0.3 is 0 Å². The van der Waals surface area contributed by atoms with Crippen LogP contribution in [-0.4, -0.2) is 95.7 Å². The smallest absolute Gasteiger partial charge is 0.255 e. The van der Waals surface area contributed by atoms with Gasteiger partial charge in [-0.25, -0.2) is 0 Å². The van der Waals surface area contributed by atoms with Crippen LogP contribution in [0.2, 0.25) is 5.02 Å². The summed E-state index contributed by atoms with van der Waals surface area (Å²) in [7, 11) is 7.68. The number of ketones is 2. The van der Waals surface area contributed by atoms with Crippen molar-refractivity contribution in [2.45, 2.75) is 36.9 Å². The second-order valence-corrected chi connectivity index (χ2v) is 12.8. The van der Waals surface area contributed by atoms with Gasteiger partial charge in [-0.1, -0.05) is 11.6 Å². The lowest BCUT2D eigenvalue weighted by Crippen LogP contribution is -2.63. The Morgan fingerprint density at radius 1 is 1.19 bits per heavy atom. The molecule has 252 valence electrons. The van der Waals surface area contributed by atoms with Crippen molar-refractivity contribution in [3.8, 4) is 5.75 Å². The first-order valence-electron chi connectivity index (χ1n) is 14.5. The molecule has 3 aliphatic carbocycles. The van der Waals surface area contributed by atoms with Crippen LogP contribution in [0, 0.1) is 11.8 Å². The van der Waals surface area contributed by atoms with Crippen LogP contribution in [0.4, 0.5) is 11.4 Å². The predicted molar refractivity (Wildman–Crippen MR) is 168 cm³/mol. The van der Waals surface area contributed by atoms with Crippen LogP contribution < -0.4 is 21.4 Å². The summed E-state index contributed by atoms with van der Waals surface area (Å²) in [5, 5.41) is 48.5. The highest BCUT2D eigenvalue weighted by Gasteiger charge is 2.63. The number of nitrogens with two attached hydrogens (primary N) is 1. The van der Waals surface area contributed by atoms with E-state index in [1.165, 1.54) is 31.3 Å². The fourth-order valence-corrected chi connectivity index (χ4v) is 7.55. The molecule has 47 heavy (non-hydrogen) atoms. The Hall–Kier alpha value is -4.41. The number of carbonyl (C=O) groups excluding carboxylic acids is 4. The minimum Gasteiger partial charge on any atom is -0.510 e. The Morgan fingerprint density at radius 3 is 2.38 bits per heavy atom. The lowest BCUT2D eigenvalue weighted by molar-refractivity contribution is -0.148. The Balaban J connectivity index is 1.70. The Bertz CT molecular complexity index is 1770. The normalized spacial score (nSPS) is 25.3. The van der Waals surface area contributed by atoms with Gasteiger partial charge in [0.25, 0.3) is 11.8 Å². The molecule has 3 unspecified atom stereocenters. The highest BCUT2D eigenvalue weighted by molar-refractivity contribution is 6.38. The Kier molecular flexibility index (Phi) is 8.43. The predicted octanol–water partition coefficient (Wildman–Crippen LogP) is 1.44. The molecule has 2 aromatic rings. The van der Waals surface area contributed by atoms with Crippen molar-refractivity contribution >= 4 is 46.4 Å². The highest BCUT2D eigenvalue weighted by Crippen LogP contribution is 2.55. The number of aliphatic hydroxyl groups is 3. The minimum atomic E-state index is -2.80. The number of likely N-dealkylation sites (N-methyl/N-ethyl adjacent to an activating group) is 1. The molecule has 0 saturated heterocycles. The molecule has 1 heterocycles. The number of aliphatic hydroxyl groups excluding tert-OH is 2. The number of Topliss-reactive ketones (excluding diaryl/α,β-unsaturated/α-hetero) is 2. The number of fused-ring (bicyclic) bond motifs is 3. The van der Waals surface area contributed by atoms with Crippen LogP contribution >= 0.6 is 11.6 Å². The standard InChI is InChI=1S/C31H36ClN5O10/c1-30(35-46-6,15-8-7-9-47-15)29(44)34-20-19(32)21(36(2)3)13-10-12-11-14-22(37(4)5)25(40)18(28(33)43)27(42)31(14,45)26(41)16(12)23(38)17(13)24(20)39/h7-9,12,14,22,35,39-41,45H,10-11H2,1-6H3,(H2,33,43)(H,34,44)/t12?,14?,22-,30?,31-/m0/s1. The maximum absolute atomic E-state index is 14.3. The zero-order chi connectivity index (χ0) is 34.9. The van der Waals surface area contributed by atoms with Crippen molar-refractivity contribution in [2.75, 3.05) is 45.5 Å². The van der Waals surface area contributed by atoms with E-state index in [9.17, 15) is 39.6 Å². The molecule has 0 aliphatic heterocycles. The van der Waals surface area contributed by atoms with Crippen LogP contribution in [0.3, 0.4) is 0 Å². The summed E-state index contributed by atoms with van der Waals surface area (Å²) < 4.78 is 5.43. The number of rotatable bonds is 8. The van der Waals surface area contributed by atoms with Gasteiger partial charge in [0.15, 0.2) is 22.7 Å². The first-order valence-corrected chi connectivity index (χ1v) is 14.9. The van der Waals surface area contributed by atoms with Crippen molar-refractivity contribution < 1.29 is 48.9 Å². The third-order valence-corrected chi connectivity index (χ3v) is 9.63. The van der Waals surface area contributed by atoms with E-state index in [0.717, 1.165) is 0 Å². The lowest BCUT2D eigenvalue weighted by atomic mass is 9.58. The number of hydrogen-bond donors (Lipinski definition) is 7. The van der Waals surface area contributed by atoms with Crippen LogP contribution in [-0.2, 0) is 31.2 Å². The monoisotopic (exact) mass is 673 g/mol. The molecule has 1 aromatic heterocycles. The number of allylic oxidation sites excluding steroid dienone is 1. The van der Waals surface area contributed by atoms with Gasteiger partial charge in [0.1, 0.15) is 28.5 Å². The van der Waals surface area contributed by atoms with Gasteiger partial charge in [0, 0.05) is 25.6 Å². The summed E-state index contributed by atoms with van der Waals surface area (Å²) in [4.78, 5) is 62.0. The van der Waals surface area contributed by atoms with Crippen molar-refractivity contribution in [2.24, 2.45) is 17.6 Å². The Labute approximate surface area is 274 Å². The molecule has 5 rings (SSSR count). The van der Waals surface area contributed by atoms with Crippen LogP contribution in [0.1, 0.15) is 35.0 Å². The number of primary amides is 1. The number of hydrogen-bond acceptors (Lipinski definition) is 13. The van der Waals surface area contributed by atoms with Crippen molar-refractivity contribution in [1.29, 1.82) is 0 Å². The third-order valence-electron chi connectivity index (χ3n) is 9.26. The molecule has 16 heteroatoms. The number of phenolic OH excluding ortho intramolecular Hbond substituents is 1. The summed E-state index contributed by atoms with van der Waals surface area (Å²) in [5.41, 5.74) is 2.18. The summed E-state index contributed by atoms with van der Waals surface area (Å²) >= 11 is 6.84. The fourth-order valence-electron chi connectivity index (χ4n) is 7.13. The number of phenols is 1. The third kappa shape index (κ3) is 4.80. The number of halogens is 1. The van der Waals surface area contributed by atoms with Crippen molar-refractivity contribution in [3.05, 3.63) is 63.0 Å². The first-order chi connectivity index (χ1) is 21.9. The van der Waals surface area contributed by atoms with E-state index in [1.807, 2.05) is 0 Å². The molecular weight excluding hydrogens is 638 g/mol. The molecule has 1 aromatic carbocycles. The van der Waals surface area contributed by atoms with E-state index in [0.29, 0.717) is 0 Å². The number of aromatic hydroxyl groups is 1. The van der Waals surface area contributed by atoms with Crippen LogP contribution in [0.15, 0.2) is 45.5 Å². The van der Waals surface area contributed by atoms with Crippen LogP contribution in [0.25, 0.3) is 0 Å². The number of carbonyl (C=O) groups is 4. The average molecular weight is 674 g/mol. The van der Waals surface area contributed by atoms with Gasteiger partial charge in [-0.15, -0.1) is 0 Å². The van der Waals surface area contributed by atoms with E-state index in [4.69, 9.17) is 26.6 Å². The number of benzene rings is 1. The molecule has 0 spiro atoms.